The van der Waals surface area contributed by atoms with Crippen LogP contribution in [0.1, 0.15) is 0 Å². The van der Waals surface area contributed by atoms with Gasteiger partial charge < -0.3 is 4.57 Å². The first kappa shape index (κ1) is 9.93. The van der Waals surface area contributed by atoms with Crippen LogP contribution in [-0.2, 0) is 4.57 Å². The van der Waals surface area contributed by atoms with Crippen LogP contribution >= 0.6 is 7.14 Å². The number of nitro groups is 1. The van der Waals surface area contributed by atoms with E-state index in [1.807, 2.05) is 0 Å². The van der Waals surface area contributed by atoms with E-state index in [0.29, 0.717) is 5.30 Å². The fraction of sp³-hybridized carbons (Fsp3) is 0.250. The fourth-order valence-electron chi connectivity index (χ4n) is 0.933. The number of nitrogens with zero attached hydrogens (tertiary/aromatic N) is 1. The summed E-state index contributed by atoms with van der Waals surface area (Å²) >= 11 is 0. The van der Waals surface area contributed by atoms with Crippen molar-refractivity contribution in [2.45, 2.75) is 0 Å². The van der Waals surface area contributed by atoms with Gasteiger partial charge in [-0.1, -0.05) is 0 Å². The molecule has 70 valence electrons. The summed E-state index contributed by atoms with van der Waals surface area (Å²) in [7, 11) is -2.29. The lowest BCUT2D eigenvalue weighted by atomic mass is 10.3. The highest BCUT2D eigenvalue weighted by Crippen LogP contribution is 2.34. The Hall–Kier alpha value is -1.15. The topological polar surface area (TPSA) is 60.2 Å². The molecule has 0 radical (unpaired) electrons. The minimum Gasteiger partial charge on any atom is -0.319 e. The number of non-ortho nitro benzene ring substituents is 1. The van der Waals surface area contributed by atoms with Gasteiger partial charge in [0.1, 0.15) is 7.14 Å². The van der Waals surface area contributed by atoms with Gasteiger partial charge in [0.2, 0.25) is 0 Å². The number of benzene rings is 1. The highest BCUT2D eigenvalue weighted by molar-refractivity contribution is 7.70. The maximum Gasteiger partial charge on any atom is 0.269 e. The van der Waals surface area contributed by atoms with Gasteiger partial charge >= 0.3 is 0 Å². The third-order valence-corrected chi connectivity index (χ3v) is 3.22. The minimum atomic E-state index is -2.29. The summed E-state index contributed by atoms with van der Waals surface area (Å²) in [5, 5.41) is 11.0. The van der Waals surface area contributed by atoms with Crippen molar-refractivity contribution in [2.75, 3.05) is 13.3 Å². The second-order valence-electron chi connectivity index (χ2n) is 3.12. The molecule has 0 aliphatic heterocycles. The Morgan fingerprint density at radius 2 is 1.69 bits per heavy atom. The predicted octanol–water partition coefficient (Wildman–Crippen LogP) is 1.84. The first-order valence-electron chi connectivity index (χ1n) is 3.71. The minimum absolute atomic E-state index is 0.0252. The molecule has 0 aliphatic rings. The van der Waals surface area contributed by atoms with Gasteiger partial charge in [0, 0.05) is 17.4 Å². The second kappa shape index (κ2) is 3.30. The van der Waals surface area contributed by atoms with E-state index in [4.69, 9.17) is 0 Å². The lowest BCUT2D eigenvalue weighted by Crippen LogP contribution is -2.02. The van der Waals surface area contributed by atoms with Crippen molar-refractivity contribution >= 4 is 18.1 Å². The molecule has 1 rings (SSSR count). The predicted molar refractivity (Wildman–Crippen MR) is 52.2 cm³/mol. The molecule has 0 saturated heterocycles. The second-order valence-corrected chi connectivity index (χ2v) is 6.34. The van der Waals surface area contributed by atoms with E-state index in [0.717, 1.165) is 0 Å². The van der Waals surface area contributed by atoms with Crippen LogP contribution in [0.25, 0.3) is 0 Å². The highest BCUT2D eigenvalue weighted by Gasteiger charge is 2.12. The molecule has 0 amide bonds. The van der Waals surface area contributed by atoms with Gasteiger partial charge in [0.25, 0.3) is 5.69 Å². The average molecular weight is 199 g/mol. The molecule has 0 N–H and O–H groups in total. The van der Waals surface area contributed by atoms with Crippen LogP contribution in [0.2, 0.25) is 0 Å². The zero-order valence-electron chi connectivity index (χ0n) is 7.43. The molecule has 0 fully saturated rings. The smallest absolute Gasteiger partial charge is 0.269 e. The monoisotopic (exact) mass is 199 g/mol. The lowest BCUT2D eigenvalue weighted by molar-refractivity contribution is -0.384. The quantitative estimate of drug-likeness (QED) is 0.414. The van der Waals surface area contributed by atoms with Gasteiger partial charge in [-0.15, -0.1) is 0 Å². The van der Waals surface area contributed by atoms with Crippen molar-refractivity contribution in [2.24, 2.45) is 0 Å². The molecule has 13 heavy (non-hydrogen) atoms. The van der Waals surface area contributed by atoms with Crippen molar-refractivity contribution in [1.29, 1.82) is 0 Å². The van der Waals surface area contributed by atoms with Crippen molar-refractivity contribution in [3.05, 3.63) is 34.4 Å². The normalized spacial score (nSPS) is 11.2. The maximum absolute atomic E-state index is 11.5. The summed E-state index contributed by atoms with van der Waals surface area (Å²) in [5.74, 6) is 0. The number of nitro benzene ring substituents is 1. The molecule has 4 nitrogen and oxygen atoms in total. The third-order valence-electron chi connectivity index (χ3n) is 1.68. The Balaban J connectivity index is 3.08. The molecule has 0 spiro atoms. The van der Waals surface area contributed by atoms with Gasteiger partial charge in [-0.3, -0.25) is 10.1 Å². The van der Waals surface area contributed by atoms with E-state index in [-0.39, 0.29) is 5.69 Å². The van der Waals surface area contributed by atoms with E-state index in [1.165, 1.54) is 12.1 Å². The van der Waals surface area contributed by atoms with Gasteiger partial charge in [-0.25, -0.2) is 0 Å². The first-order chi connectivity index (χ1) is 5.91. The number of hydrogen-bond donors (Lipinski definition) is 0. The summed E-state index contributed by atoms with van der Waals surface area (Å²) in [6.07, 6.45) is 0. The van der Waals surface area contributed by atoms with E-state index in [1.54, 1.807) is 25.5 Å². The van der Waals surface area contributed by atoms with Crippen LogP contribution in [-0.4, -0.2) is 18.3 Å². The Morgan fingerprint density at radius 1 is 1.23 bits per heavy atom. The van der Waals surface area contributed by atoms with Crippen molar-refractivity contribution in [3.8, 4) is 0 Å². The number of rotatable bonds is 2. The van der Waals surface area contributed by atoms with Crippen molar-refractivity contribution < 1.29 is 9.49 Å². The van der Waals surface area contributed by atoms with Crippen LogP contribution in [0.3, 0.4) is 0 Å². The zero-order chi connectivity index (χ0) is 10.1. The van der Waals surface area contributed by atoms with Crippen LogP contribution in [0.4, 0.5) is 5.69 Å². The molecule has 5 heteroatoms. The molecule has 0 heterocycles. The largest absolute Gasteiger partial charge is 0.319 e. The molecule has 0 atom stereocenters. The van der Waals surface area contributed by atoms with Crippen LogP contribution in [0.15, 0.2) is 24.3 Å². The lowest BCUT2D eigenvalue weighted by Gasteiger charge is -2.04. The van der Waals surface area contributed by atoms with E-state index >= 15 is 0 Å². The third kappa shape index (κ3) is 2.39. The van der Waals surface area contributed by atoms with Crippen LogP contribution in [0.5, 0.6) is 0 Å². The Bertz CT molecular complexity index is 365. The average Bonchev–Trinajstić information content (AvgIpc) is 2.03. The zero-order valence-corrected chi connectivity index (χ0v) is 8.32. The SMILES string of the molecule is CP(C)(=O)c1ccc([N+](=O)[O-])cc1. The van der Waals surface area contributed by atoms with Crippen molar-refractivity contribution in [1.82, 2.24) is 0 Å². The van der Waals surface area contributed by atoms with Crippen LogP contribution < -0.4 is 5.30 Å². The fourth-order valence-corrected chi connectivity index (χ4v) is 1.80. The van der Waals surface area contributed by atoms with E-state index in [9.17, 15) is 14.7 Å². The Kier molecular flexibility index (Phi) is 2.52. The maximum atomic E-state index is 11.5. The molecule has 1 aromatic carbocycles. The van der Waals surface area contributed by atoms with Gasteiger partial charge in [-0.05, 0) is 25.5 Å². The number of hydrogen-bond acceptors (Lipinski definition) is 3. The molecule has 0 unspecified atom stereocenters. The summed E-state index contributed by atoms with van der Waals surface area (Å²) in [6, 6.07) is 5.82. The van der Waals surface area contributed by atoms with E-state index in [2.05, 4.69) is 0 Å². The molecular weight excluding hydrogens is 189 g/mol. The highest BCUT2D eigenvalue weighted by atomic mass is 31.2. The molecule has 1 aromatic rings. The summed E-state index contributed by atoms with van der Waals surface area (Å²) in [5.41, 5.74) is 0.0252. The first-order valence-corrected chi connectivity index (χ1v) is 6.31. The van der Waals surface area contributed by atoms with Crippen LogP contribution in [0, 0.1) is 10.1 Å². The van der Waals surface area contributed by atoms with Crippen molar-refractivity contribution in [3.63, 3.8) is 0 Å². The molecule has 0 aliphatic carbocycles. The summed E-state index contributed by atoms with van der Waals surface area (Å²) in [4.78, 5) is 9.83. The van der Waals surface area contributed by atoms with E-state index < -0.39 is 12.1 Å². The Morgan fingerprint density at radius 3 is 2.00 bits per heavy atom. The van der Waals surface area contributed by atoms with Gasteiger partial charge in [-0.2, -0.15) is 0 Å². The molecule has 0 bridgehead atoms. The van der Waals surface area contributed by atoms with Gasteiger partial charge in [0.05, 0.1) is 4.92 Å². The molecule has 0 aromatic heterocycles. The summed E-state index contributed by atoms with van der Waals surface area (Å²) in [6.45, 7) is 3.27. The Labute approximate surface area is 76.1 Å². The molecule has 0 saturated carbocycles. The molecular formula is C8H10NO3P. The standard InChI is InChI=1S/C8H10NO3P/c1-13(2,12)8-5-3-7(4-6-8)9(10)11/h3-6H,1-2H3. The van der Waals surface area contributed by atoms with Gasteiger partial charge in [0.15, 0.2) is 0 Å². The summed E-state index contributed by atoms with van der Waals surface area (Å²) < 4.78 is 11.5.